The van der Waals surface area contributed by atoms with Crippen molar-refractivity contribution in [2.24, 2.45) is 4.99 Å². The molecule has 0 saturated carbocycles. The minimum Gasteiger partial charge on any atom is -0.481 e. The Morgan fingerprint density at radius 2 is 1.83 bits per heavy atom. The van der Waals surface area contributed by atoms with E-state index < -0.39 is 5.97 Å². The number of hydrogen-bond donors (Lipinski definition) is 2. The molecule has 1 saturated heterocycles. The van der Waals surface area contributed by atoms with Crippen LogP contribution in [0.2, 0.25) is 0 Å². The molecule has 1 aromatic heterocycles. The van der Waals surface area contributed by atoms with E-state index in [1.165, 1.54) is 11.8 Å². The fourth-order valence-electron chi connectivity index (χ4n) is 2.48. The number of carbonyl (C=O) groups excluding carboxylic acids is 1. The quantitative estimate of drug-likeness (QED) is 0.375. The molecule has 0 atom stereocenters. The Balaban J connectivity index is 0.000000591. The maximum atomic E-state index is 12.2. The van der Waals surface area contributed by atoms with Gasteiger partial charge in [0.25, 0.3) is 11.9 Å². The first-order valence-electron chi connectivity index (χ1n) is 8.70. The SMILES string of the molecule is CC(=O)O.O=C1NC(=Nc2cc[c-]cc2)SC1=Cc1cccc(-n2cccc2)c1.[Na+]. The number of aliphatic imine (C=N–C) groups is 1. The van der Waals surface area contributed by atoms with E-state index in [9.17, 15) is 4.79 Å². The summed E-state index contributed by atoms with van der Waals surface area (Å²) >= 11 is 1.35. The Hall–Kier alpha value is -2.58. The van der Waals surface area contributed by atoms with E-state index in [0.29, 0.717) is 10.1 Å². The van der Waals surface area contributed by atoms with Gasteiger partial charge in [-0.2, -0.15) is 18.2 Å². The molecule has 8 heteroatoms. The standard InChI is InChI=1S/C20H14N3OS.C2H4O2.Na/c24-19-18(25-20(22-19)21-16-8-2-1-3-9-16)14-15-7-6-10-17(13-15)23-11-4-5-12-23;1-2(3)4;/h2-14H,(H,21,22,24);1H3,(H,3,4);/q-1;;+1. The minimum absolute atomic E-state index is 0. The van der Waals surface area contributed by atoms with Crippen LogP contribution >= 0.6 is 11.8 Å². The second-order valence-corrected chi connectivity index (χ2v) is 6.97. The van der Waals surface area contributed by atoms with Crippen molar-refractivity contribution in [2.75, 3.05) is 0 Å². The summed E-state index contributed by atoms with van der Waals surface area (Å²) in [5.74, 6) is -0.961. The fourth-order valence-corrected chi connectivity index (χ4v) is 3.33. The van der Waals surface area contributed by atoms with Gasteiger partial charge >= 0.3 is 29.6 Å². The number of thioether (sulfide) groups is 1. The molecule has 1 fully saturated rings. The number of nitrogens with zero attached hydrogens (tertiary/aromatic N) is 2. The molecule has 1 amide bonds. The number of benzene rings is 2. The molecule has 2 N–H and O–H groups in total. The smallest absolute Gasteiger partial charge is 0.481 e. The fraction of sp³-hybridized carbons (Fsp3) is 0.0455. The normalized spacial score (nSPS) is 15.2. The summed E-state index contributed by atoms with van der Waals surface area (Å²) in [6.45, 7) is 1.08. The number of aliphatic carboxylic acids is 1. The number of aromatic nitrogens is 1. The topological polar surface area (TPSA) is 83.7 Å². The molecule has 6 nitrogen and oxygen atoms in total. The number of hydrogen-bond acceptors (Lipinski definition) is 4. The maximum absolute atomic E-state index is 12.2. The predicted molar refractivity (Wildman–Crippen MR) is 115 cm³/mol. The van der Waals surface area contributed by atoms with Crippen molar-refractivity contribution in [1.82, 2.24) is 9.88 Å². The van der Waals surface area contributed by atoms with Gasteiger partial charge in [-0.05, 0) is 53.4 Å². The van der Waals surface area contributed by atoms with Crippen LogP contribution in [-0.2, 0) is 9.59 Å². The largest absolute Gasteiger partial charge is 1.00 e. The van der Waals surface area contributed by atoms with Gasteiger partial charge < -0.3 is 15.0 Å². The number of amidine groups is 1. The van der Waals surface area contributed by atoms with Crippen molar-refractivity contribution in [3.63, 3.8) is 0 Å². The first-order valence-corrected chi connectivity index (χ1v) is 9.51. The van der Waals surface area contributed by atoms with Crippen LogP contribution in [0.4, 0.5) is 5.69 Å². The summed E-state index contributed by atoms with van der Waals surface area (Å²) < 4.78 is 2.03. The van der Waals surface area contributed by atoms with Gasteiger partial charge in [0, 0.05) is 25.0 Å². The molecule has 0 unspecified atom stereocenters. The van der Waals surface area contributed by atoms with E-state index >= 15 is 0 Å². The Morgan fingerprint density at radius 3 is 2.50 bits per heavy atom. The van der Waals surface area contributed by atoms with E-state index in [1.807, 2.05) is 71.6 Å². The van der Waals surface area contributed by atoms with E-state index in [1.54, 1.807) is 12.1 Å². The van der Waals surface area contributed by atoms with Crippen molar-refractivity contribution in [2.45, 2.75) is 6.92 Å². The molecule has 30 heavy (non-hydrogen) atoms. The zero-order valence-electron chi connectivity index (χ0n) is 16.6. The maximum Gasteiger partial charge on any atom is 1.00 e. The number of amides is 1. The molecule has 3 aromatic rings. The van der Waals surface area contributed by atoms with E-state index in [0.717, 1.165) is 23.9 Å². The van der Waals surface area contributed by atoms with Gasteiger partial charge in [0.1, 0.15) is 0 Å². The number of nitrogens with one attached hydrogen (secondary N) is 1. The van der Waals surface area contributed by atoms with Crippen molar-refractivity contribution in [1.29, 1.82) is 0 Å². The van der Waals surface area contributed by atoms with Crippen LogP contribution in [0.1, 0.15) is 12.5 Å². The van der Waals surface area contributed by atoms with Crippen molar-refractivity contribution in [3.05, 3.63) is 89.6 Å². The second-order valence-electron chi connectivity index (χ2n) is 5.94. The third kappa shape index (κ3) is 7.03. The Labute approximate surface area is 201 Å². The number of rotatable bonds is 3. The first kappa shape index (κ1) is 23.7. The van der Waals surface area contributed by atoms with Crippen LogP contribution in [-0.4, -0.2) is 26.7 Å². The van der Waals surface area contributed by atoms with Crippen LogP contribution in [0.5, 0.6) is 0 Å². The molecule has 2 aromatic carbocycles. The van der Waals surface area contributed by atoms with E-state index in [4.69, 9.17) is 9.90 Å². The molecular weight excluding hydrogens is 409 g/mol. The summed E-state index contributed by atoms with van der Waals surface area (Å²) in [7, 11) is 0. The predicted octanol–water partition coefficient (Wildman–Crippen LogP) is 1.26. The van der Waals surface area contributed by atoms with E-state index in [2.05, 4.69) is 16.4 Å². The number of carboxylic acid groups (broad SMARTS) is 1. The first-order chi connectivity index (χ1) is 14.0. The van der Waals surface area contributed by atoms with Crippen LogP contribution in [0.3, 0.4) is 0 Å². The Kier molecular flexibility index (Phi) is 9.14. The minimum atomic E-state index is -0.833. The molecule has 2 heterocycles. The van der Waals surface area contributed by atoms with Gasteiger partial charge in [-0.3, -0.25) is 14.6 Å². The zero-order chi connectivity index (χ0) is 20.6. The Morgan fingerprint density at radius 1 is 1.17 bits per heavy atom. The molecule has 146 valence electrons. The summed E-state index contributed by atoms with van der Waals surface area (Å²) in [5.41, 5.74) is 2.81. The van der Waals surface area contributed by atoms with E-state index in [-0.39, 0.29) is 35.5 Å². The van der Waals surface area contributed by atoms with Gasteiger partial charge in [0.15, 0.2) is 5.17 Å². The van der Waals surface area contributed by atoms with Gasteiger partial charge in [0.2, 0.25) is 0 Å². The third-order valence-electron chi connectivity index (χ3n) is 3.65. The monoisotopic (exact) mass is 427 g/mol. The summed E-state index contributed by atoms with van der Waals surface area (Å²) in [6, 6.07) is 22.2. The van der Waals surface area contributed by atoms with Gasteiger partial charge in [-0.1, -0.05) is 12.1 Å². The zero-order valence-corrected chi connectivity index (χ0v) is 19.4. The van der Waals surface area contributed by atoms with Crippen LogP contribution < -0.4 is 34.9 Å². The third-order valence-corrected chi connectivity index (χ3v) is 4.56. The van der Waals surface area contributed by atoms with Crippen molar-refractivity contribution < 1.29 is 44.3 Å². The molecule has 1 aliphatic heterocycles. The molecule has 0 radical (unpaired) electrons. The molecule has 0 aliphatic carbocycles. The van der Waals surface area contributed by atoms with Gasteiger partial charge in [0.05, 0.1) is 4.91 Å². The summed E-state index contributed by atoms with van der Waals surface area (Å²) in [5, 5.41) is 10.8. The Bertz CT molecular complexity index is 1060. The van der Waals surface area contributed by atoms with Gasteiger partial charge in [-0.25, -0.2) is 0 Å². The molecule has 0 bridgehead atoms. The van der Waals surface area contributed by atoms with Crippen molar-refractivity contribution >= 4 is 40.6 Å². The summed E-state index contributed by atoms with van der Waals surface area (Å²) in [4.78, 5) is 26.3. The molecule has 0 spiro atoms. The number of carboxylic acids is 1. The summed E-state index contributed by atoms with van der Waals surface area (Å²) in [6.07, 6.45) is 5.87. The van der Waals surface area contributed by atoms with Crippen LogP contribution in [0.15, 0.2) is 83.0 Å². The molecule has 4 rings (SSSR count). The second kappa shape index (κ2) is 11.6. The number of carbonyl (C=O) groups is 2. The average molecular weight is 427 g/mol. The van der Waals surface area contributed by atoms with Gasteiger partial charge in [-0.15, -0.1) is 12.1 Å². The molecular formula is C22H18N3NaO3S. The average Bonchev–Trinajstić information content (AvgIpc) is 3.33. The van der Waals surface area contributed by atoms with Crippen LogP contribution in [0, 0.1) is 6.07 Å². The molecule has 1 aliphatic rings. The van der Waals surface area contributed by atoms with Crippen LogP contribution in [0.25, 0.3) is 11.8 Å². The van der Waals surface area contributed by atoms with Crippen molar-refractivity contribution in [3.8, 4) is 5.69 Å².